The van der Waals surface area contributed by atoms with Crippen LogP contribution >= 0.6 is 27.7 Å². The molecule has 0 aliphatic heterocycles. The molecule has 0 bridgehead atoms. The fourth-order valence-corrected chi connectivity index (χ4v) is 3.51. The third-order valence-electron chi connectivity index (χ3n) is 3.63. The van der Waals surface area contributed by atoms with E-state index in [4.69, 9.17) is 4.42 Å². The Balaban J connectivity index is 1.66. The van der Waals surface area contributed by atoms with E-state index < -0.39 is 17.6 Å². The van der Waals surface area contributed by atoms with Gasteiger partial charge in [-0.15, -0.1) is 10.2 Å². The highest BCUT2D eigenvalue weighted by Gasteiger charge is 2.30. The van der Waals surface area contributed by atoms with Crippen LogP contribution in [0.25, 0.3) is 11.6 Å². The van der Waals surface area contributed by atoms with Gasteiger partial charge in [0.2, 0.25) is 11.7 Å². The Morgan fingerprint density at radius 2 is 2.07 bits per heavy atom. The molecule has 0 atom stereocenters. The van der Waals surface area contributed by atoms with Crippen LogP contribution in [0.4, 0.5) is 18.9 Å². The quantitative estimate of drug-likeness (QED) is 0.504. The molecule has 0 unspecified atom stereocenters. The van der Waals surface area contributed by atoms with Gasteiger partial charge in [0.15, 0.2) is 15.6 Å². The minimum absolute atomic E-state index is 0.0315. The molecule has 0 aliphatic rings. The molecule has 1 amide bonds. The van der Waals surface area contributed by atoms with E-state index in [-0.39, 0.29) is 11.4 Å². The van der Waals surface area contributed by atoms with Gasteiger partial charge in [0.05, 0.1) is 11.3 Å². The van der Waals surface area contributed by atoms with Crippen LogP contribution in [0.5, 0.6) is 0 Å². The summed E-state index contributed by atoms with van der Waals surface area (Å²) in [4.78, 5) is 12.1. The number of alkyl halides is 3. The molecular weight excluding hydrogens is 461 g/mol. The van der Waals surface area contributed by atoms with Gasteiger partial charge in [-0.05, 0) is 53.2 Å². The second-order valence-corrected chi connectivity index (χ2v) is 7.29. The minimum atomic E-state index is -4.47. The molecule has 1 N–H and O–H groups in total. The number of nitrogens with zero attached hydrogens (tertiary/aromatic N) is 3. The van der Waals surface area contributed by atoms with E-state index in [9.17, 15) is 18.0 Å². The first kappa shape index (κ1) is 20.5. The molecule has 0 saturated heterocycles. The predicted molar refractivity (Wildman–Crippen MR) is 102 cm³/mol. The molecule has 0 spiro atoms. The maximum atomic E-state index is 12.8. The average molecular weight is 475 g/mol. The lowest BCUT2D eigenvalue weighted by Crippen LogP contribution is -2.15. The lowest BCUT2D eigenvalue weighted by atomic mass is 10.2. The first-order chi connectivity index (χ1) is 13.3. The summed E-state index contributed by atoms with van der Waals surface area (Å²) in [6.45, 7) is 2.45. The lowest BCUT2D eigenvalue weighted by molar-refractivity contribution is -0.137. The standard InChI is InChI=1S/C17H14BrF3N4O2S/c1-2-25-15(12-6-7-13(18)27-12)23-24-16(25)28-9-14(26)22-11-5-3-4-10(8-11)17(19,20)21/h3-8H,2,9H2,1H3,(H,22,26). The SMILES string of the molecule is CCn1c(SCC(=O)Nc2cccc(C(F)(F)F)c2)nnc1-c1ccc(Br)o1. The summed E-state index contributed by atoms with van der Waals surface area (Å²) in [5.41, 5.74) is -0.739. The van der Waals surface area contributed by atoms with E-state index in [1.807, 2.05) is 6.92 Å². The zero-order chi connectivity index (χ0) is 20.3. The third-order valence-corrected chi connectivity index (χ3v) is 5.03. The van der Waals surface area contributed by atoms with Crippen molar-refractivity contribution >= 4 is 39.3 Å². The summed E-state index contributed by atoms with van der Waals surface area (Å²) < 4.78 is 46.1. The number of rotatable bonds is 6. The highest BCUT2D eigenvalue weighted by atomic mass is 79.9. The van der Waals surface area contributed by atoms with Crippen LogP contribution in [0.1, 0.15) is 12.5 Å². The van der Waals surface area contributed by atoms with Crippen LogP contribution in [0.2, 0.25) is 0 Å². The van der Waals surface area contributed by atoms with E-state index in [2.05, 4.69) is 31.4 Å². The Morgan fingerprint density at radius 3 is 2.71 bits per heavy atom. The number of benzene rings is 1. The molecule has 3 rings (SSSR count). The van der Waals surface area contributed by atoms with Crippen molar-refractivity contribution in [2.24, 2.45) is 0 Å². The van der Waals surface area contributed by atoms with Gasteiger partial charge >= 0.3 is 6.18 Å². The Hall–Kier alpha value is -2.27. The highest BCUT2D eigenvalue weighted by Crippen LogP contribution is 2.31. The van der Waals surface area contributed by atoms with Gasteiger partial charge in [-0.2, -0.15) is 13.2 Å². The van der Waals surface area contributed by atoms with Gasteiger partial charge in [-0.25, -0.2) is 0 Å². The van der Waals surface area contributed by atoms with Crippen LogP contribution in [-0.4, -0.2) is 26.4 Å². The van der Waals surface area contributed by atoms with Gasteiger partial charge in [-0.3, -0.25) is 9.36 Å². The first-order valence-corrected chi connectivity index (χ1v) is 9.84. The number of hydrogen-bond donors (Lipinski definition) is 1. The van der Waals surface area contributed by atoms with Crippen molar-refractivity contribution in [1.29, 1.82) is 0 Å². The normalized spacial score (nSPS) is 11.6. The van der Waals surface area contributed by atoms with E-state index in [1.54, 1.807) is 16.7 Å². The average Bonchev–Trinajstić information content (AvgIpc) is 3.25. The number of thioether (sulfide) groups is 1. The van der Waals surface area contributed by atoms with Gasteiger partial charge in [0, 0.05) is 12.2 Å². The van der Waals surface area contributed by atoms with Gasteiger partial charge in [-0.1, -0.05) is 17.8 Å². The van der Waals surface area contributed by atoms with Gasteiger partial charge in [0.1, 0.15) is 0 Å². The summed E-state index contributed by atoms with van der Waals surface area (Å²) in [5.74, 6) is 0.573. The topological polar surface area (TPSA) is 73.0 Å². The van der Waals surface area contributed by atoms with Crippen LogP contribution in [0, 0.1) is 0 Å². The number of amides is 1. The summed E-state index contributed by atoms with van der Waals surface area (Å²) >= 11 is 4.36. The van der Waals surface area contributed by atoms with Crippen molar-refractivity contribution < 1.29 is 22.4 Å². The molecule has 1 aromatic carbocycles. The molecule has 0 radical (unpaired) electrons. The molecular formula is C17H14BrF3N4O2S. The van der Waals surface area contributed by atoms with Crippen molar-refractivity contribution in [1.82, 2.24) is 14.8 Å². The molecule has 6 nitrogen and oxygen atoms in total. The van der Waals surface area contributed by atoms with Crippen molar-refractivity contribution in [3.63, 3.8) is 0 Å². The lowest BCUT2D eigenvalue weighted by Gasteiger charge is -2.10. The molecule has 28 heavy (non-hydrogen) atoms. The fourth-order valence-electron chi connectivity index (χ4n) is 2.40. The summed E-state index contributed by atoms with van der Waals surface area (Å²) in [7, 11) is 0. The number of hydrogen-bond acceptors (Lipinski definition) is 5. The largest absolute Gasteiger partial charge is 0.446 e. The molecule has 0 saturated carbocycles. The summed E-state index contributed by atoms with van der Waals surface area (Å²) in [6, 6.07) is 7.97. The number of furan rings is 1. The number of carbonyl (C=O) groups is 1. The van der Waals surface area contributed by atoms with Crippen LogP contribution < -0.4 is 5.32 Å². The molecule has 0 aliphatic carbocycles. The van der Waals surface area contributed by atoms with Crippen molar-refractivity contribution in [2.45, 2.75) is 24.8 Å². The maximum Gasteiger partial charge on any atom is 0.416 e. The second kappa shape index (κ2) is 8.39. The Kier molecular flexibility index (Phi) is 6.14. The third kappa shape index (κ3) is 4.76. The molecule has 2 aromatic heterocycles. The second-order valence-electron chi connectivity index (χ2n) is 5.57. The van der Waals surface area contributed by atoms with Crippen molar-refractivity contribution in [3.05, 3.63) is 46.6 Å². The molecule has 0 fully saturated rings. The van der Waals surface area contributed by atoms with E-state index >= 15 is 0 Å². The fraction of sp³-hybridized carbons (Fsp3) is 0.235. The van der Waals surface area contributed by atoms with Crippen molar-refractivity contribution in [3.8, 4) is 11.6 Å². The van der Waals surface area contributed by atoms with E-state index in [0.29, 0.717) is 28.0 Å². The maximum absolute atomic E-state index is 12.8. The zero-order valence-corrected chi connectivity index (χ0v) is 16.9. The van der Waals surface area contributed by atoms with Crippen LogP contribution in [-0.2, 0) is 17.5 Å². The highest BCUT2D eigenvalue weighted by molar-refractivity contribution is 9.10. The van der Waals surface area contributed by atoms with E-state index in [0.717, 1.165) is 23.9 Å². The Labute approximate surface area is 170 Å². The van der Waals surface area contributed by atoms with Crippen LogP contribution in [0.3, 0.4) is 0 Å². The van der Waals surface area contributed by atoms with Crippen molar-refractivity contribution in [2.75, 3.05) is 11.1 Å². The number of anilines is 1. The molecule has 2 heterocycles. The van der Waals surface area contributed by atoms with Gasteiger partial charge in [0.25, 0.3) is 0 Å². The number of carbonyl (C=O) groups excluding carboxylic acids is 1. The van der Waals surface area contributed by atoms with Gasteiger partial charge < -0.3 is 9.73 Å². The molecule has 3 aromatic rings. The molecule has 11 heteroatoms. The Bertz CT molecular complexity index is 987. The minimum Gasteiger partial charge on any atom is -0.446 e. The Morgan fingerprint density at radius 1 is 1.29 bits per heavy atom. The first-order valence-electron chi connectivity index (χ1n) is 8.06. The number of nitrogens with one attached hydrogen (secondary N) is 1. The smallest absolute Gasteiger partial charge is 0.416 e. The molecule has 148 valence electrons. The predicted octanol–water partition coefficient (Wildman–Crippen LogP) is 5.07. The van der Waals surface area contributed by atoms with Crippen LogP contribution in [0.15, 0.2) is 50.6 Å². The van der Waals surface area contributed by atoms with E-state index in [1.165, 1.54) is 12.1 Å². The number of halogens is 4. The monoisotopic (exact) mass is 474 g/mol. The summed E-state index contributed by atoms with van der Waals surface area (Å²) in [6.07, 6.45) is -4.47. The number of aromatic nitrogens is 3. The zero-order valence-electron chi connectivity index (χ0n) is 14.5. The summed E-state index contributed by atoms with van der Waals surface area (Å²) in [5, 5.41) is 11.1.